The van der Waals surface area contributed by atoms with Crippen LogP contribution in [0.1, 0.15) is 20.3 Å². The van der Waals surface area contributed by atoms with E-state index in [0.29, 0.717) is 6.54 Å². The van der Waals surface area contributed by atoms with E-state index in [1.165, 1.54) is 0 Å². The predicted molar refractivity (Wildman–Crippen MR) is 49.2 cm³/mol. The number of halogens is 3. The van der Waals surface area contributed by atoms with E-state index in [1.807, 2.05) is 13.0 Å². The van der Waals surface area contributed by atoms with Gasteiger partial charge in [-0.1, -0.05) is 6.92 Å². The molecule has 0 saturated carbocycles. The third-order valence-electron chi connectivity index (χ3n) is 1.73. The maximum Gasteiger partial charge on any atom is 0.391 e. The predicted octanol–water partition coefficient (Wildman–Crippen LogP) is 1.85. The van der Waals surface area contributed by atoms with Crippen LogP contribution in [-0.2, 0) is 4.74 Å². The Labute approximate surface area is 87.2 Å². The fraction of sp³-hybridized carbons (Fsp3) is 0.889. The van der Waals surface area contributed by atoms with Gasteiger partial charge in [0, 0.05) is 0 Å². The van der Waals surface area contributed by atoms with E-state index in [-0.39, 0.29) is 6.61 Å². The van der Waals surface area contributed by atoms with Gasteiger partial charge in [0.1, 0.15) is 5.54 Å². The molecule has 0 aliphatic heterocycles. The zero-order valence-electron chi connectivity index (χ0n) is 8.82. The summed E-state index contributed by atoms with van der Waals surface area (Å²) in [6.07, 6.45) is -5.19. The lowest BCUT2D eigenvalue weighted by Gasteiger charge is -2.22. The molecule has 0 amide bonds. The molecule has 0 saturated heterocycles. The van der Waals surface area contributed by atoms with Gasteiger partial charge < -0.3 is 4.74 Å². The standard InChI is InChI=1S/C9H15F3N2O/c1-3-14-8(2,6-13)7-15-5-4-9(10,11)12/h14H,3-5,7H2,1-2H3. The van der Waals surface area contributed by atoms with E-state index in [0.717, 1.165) is 0 Å². The summed E-state index contributed by atoms with van der Waals surface area (Å²) >= 11 is 0. The topological polar surface area (TPSA) is 45.0 Å². The van der Waals surface area contributed by atoms with Crippen LogP contribution in [0.3, 0.4) is 0 Å². The van der Waals surface area contributed by atoms with Crippen LogP contribution in [0.2, 0.25) is 0 Å². The van der Waals surface area contributed by atoms with Crippen LogP contribution in [0.25, 0.3) is 0 Å². The third-order valence-corrected chi connectivity index (χ3v) is 1.73. The lowest BCUT2D eigenvalue weighted by Crippen LogP contribution is -2.45. The molecule has 1 N–H and O–H groups in total. The SMILES string of the molecule is CCNC(C)(C#N)COCCC(F)(F)F. The van der Waals surface area contributed by atoms with Gasteiger partial charge in [0.15, 0.2) is 0 Å². The van der Waals surface area contributed by atoms with Gasteiger partial charge in [-0.25, -0.2) is 0 Å². The molecule has 0 rings (SSSR count). The molecule has 88 valence electrons. The van der Waals surface area contributed by atoms with Gasteiger partial charge in [0.2, 0.25) is 0 Å². The second-order valence-corrected chi connectivity index (χ2v) is 3.39. The van der Waals surface area contributed by atoms with Crippen molar-refractivity contribution in [2.45, 2.75) is 32.0 Å². The number of hydrogen-bond donors (Lipinski definition) is 1. The summed E-state index contributed by atoms with van der Waals surface area (Å²) in [7, 11) is 0. The third kappa shape index (κ3) is 7.17. The van der Waals surface area contributed by atoms with E-state index in [4.69, 9.17) is 10.00 Å². The fourth-order valence-electron chi connectivity index (χ4n) is 0.977. The highest BCUT2D eigenvalue weighted by molar-refractivity contribution is 5.03. The molecule has 0 aromatic rings. The number of nitrogens with zero attached hydrogens (tertiary/aromatic N) is 1. The Morgan fingerprint density at radius 2 is 2.00 bits per heavy atom. The minimum Gasteiger partial charge on any atom is -0.378 e. The molecule has 3 nitrogen and oxygen atoms in total. The Kier molecular flexibility index (Phi) is 5.61. The van der Waals surface area contributed by atoms with Crippen molar-refractivity contribution in [3.63, 3.8) is 0 Å². The highest BCUT2D eigenvalue weighted by atomic mass is 19.4. The quantitative estimate of drug-likeness (QED) is 0.700. The minimum absolute atomic E-state index is 0.0482. The molecule has 0 fully saturated rings. The summed E-state index contributed by atoms with van der Waals surface area (Å²) < 4.78 is 40.0. The Morgan fingerprint density at radius 3 is 2.40 bits per heavy atom. The van der Waals surface area contributed by atoms with Crippen LogP contribution in [-0.4, -0.2) is 31.5 Å². The Hall–Kier alpha value is -0.800. The number of hydrogen-bond acceptors (Lipinski definition) is 3. The number of nitrogens with one attached hydrogen (secondary N) is 1. The van der Waals surface area contributed by atoms with Crippen molar-refractivity contribution in [1.82, 2.24) is 5.32 Å². The molecule has 1 unspecified atom stereocenters. The second kappa shape index (κ2) is 5.93. The van der Waals surface area contributed by atoms with Crippen molar-refractivity contribution >= 4 is 0 Å². The Balaban J connectivity index is 3.79. The first-order valence-electron chi connectivity index (χ1n) is 4.64. The Bertz CT molecular complexity index is 224. The molecule has 0 aromatic heterocycles. The van der Waals surface area contributed by atoms with Crippen molar-refractivity contribution in [2.24, 2.45) is 0 Å². The first-order valence-corrected chi connectivity index (χ1v) is 4.64. The number of ether oxygens (including phenoxy) is 1. The Morgan fingerprint density at radius 1 is 1.40 bits per heavy atom. The van der Waals surface area contributed by atoms with Gasteiger partial charge in [-0.05, 0) is 13.5 Å². The minimum atomic E-state index is -4.21. The summed E-state index contributed by atoms with van der Waals surface area (Å²) in [6.45, 7) is 3.50. The van der Waals surface area contributed by atoms with E-state index in [9.17, 15) is 13.2 Å². The van der Waals surface area contributed by atoms with E-state index in [1.54, 1.807) is 6.92 Å². The largest absolute Gasteiger partial charge is 0.391 e. The number of alkyl halides is 3. The molecule has 0 spiro atoms. The highest BCUT2D eigenvalue weighted by Crippen LogP contribution is 2.19. The van der Waals surface area contributed by atoms with Gasteiger partial charge in [-0.2, -0.15) is 18.4 Å². The van der Waals surface area contributed by atoms with Gasteiger partial charge >= 0.3 is 6.18 Å². The summed E-state index contributed by atoms with van der Waals surface area (Å²) in [4.78, 5) is 0. The zero-order valence-corrected chi connectivity index (χ0v) is 8.82. The van der Waals surface area contributed by atoms with Gasteiger partial charge in [0.05, 0.1) is 25.7 Å². The first-order chi connectivity index (χ1) is 6.83. The molecule has 1 atom stereocenters. The van der Waals surface area contributed by atoms with Crippen molar-refractivity contribution in [2.75, 3.05) is 19.8 Å². The molecule has 0 aromatic carbocycles. The maximum absolute atomic E-state index is 11.7. The van der Waals surface area contributed by atoms with Gasteiger partial charge in [-0.3, -0.25) is 5.32 Å². The molecule has 15 heavy (non-hydrogen) atoms. The molecule has 0 radical (unpaired) electrons. The summed E-state index contributed by atoms with van der Waals surface area (Å²) in [6, 6.07) is 1.96. The van der Waals surface area contributed by atoms with Crippen LogP contribution in [0, 0.1) is 11.3 Å². The van der Waals surface area contributed by atoms with Crippen molar-refractivity contribution in [3.05, 3.63) is 0 Å². The monoisotopic (exact) mass is 224 g/mol. The summed E-state index contributed by atoms with van der Waals surface area (Å²) in [5.74, 6) is 0. The van der Waals surface area contributed by atoms with Gasteiger partial charge in [0.25, 0.3) is 0 Å². The molecule has 0 heterocycles. The van der Waals surface area contributed by atoms with Gasteiger partial charge in [-0.15, -0.1) is 0 Å². The molecular weight excluding hydrogens is 209 g/mol. The van der Waals surface area contributed by atoms with E-state index >= 15 is 0 Å². The average molecular weight is 224 g/mol. The molecule has 6 heteroatoms. The number of nitriles is 1. The molecule has 0 bridgehead atoms. The molecular formula is C9H15F3N2O. The number of likely N-dealkylation sites (N-methyl/N-ethyl adjacent to an activating group) is 1. The molecule has 0 aliphatic rings. The average Bonchev–Trinajstić information content (AvgIpc) is 2.12. The fourth-order valence-corrected chi connectivity index (χ4v) is 0.977. The lowest BCUT2D eigenvalue weighted by atomic mass is 10.1. The first kappa shape index (κ1) is 14.2. The zero-order chi connectivity index (χ0) is 11.9. The van der Waals surface area contributed by atoms with Crippen molar-refractivity contribution in [3.8, 4) is 6.07 Å². The smallest absolute Gasteiger partial charge is 0.378 e. The number of rotatable bonds is 6. The lowest BCUT2D eigenvalue weighted by molar-refractivity contribution is -0.146. The van der Waals surface area contributed by atoms with Crippen molar-refractivity contribution < 1.29 is 17.9 Å². The van der Waals surface area contributed by atoms with Crippen LogP contribution in [0.4, 0.5) is 13.2 Å². The maximum atomic E-state index is 11.7. The summed E-state index contributed by atoms with van der Waals surface area (Å²) in [5, 5.41) is 11.6. The summed E-state index contributed by atoms with van der Waals surface area (Å²) in [5.41, 5.74) is -0.916. The normalized spacial score (nSPS) is 15.7. The van der Waals surface area contributed by atoms with Crippen LogP contribution >= 0.6 is 0 Å². The van der Waals surface area contributed by atoms with Crippen LogP contribution < -0.4 is 5.32 Å². The van der Waals surface area contributed by atoms with Crippen LogP contribution in [0.5, 0.6) is 0 Å². The van der Waals surface area contributed by atoms with Crippen molar-refractivity contribution in [1.29, 1.82) is 5.26 Å². The molecule has 0 aliphatic carbocycles. The van der Waals surface area contributed by atoms with Crippen LogP contribution in [0.15, 0.2) is 0 Å². The highest BCUT2D eigenvalue weighted by Gasteiger charge is 2.28. The second-order valence-electron chi connectivity index (χ2n) is 3.39. The van der Waals surface area contributed by atoms with E-state index in [2.05, 4.69) is 5.32 Å². The van der Waals surface area contributed by atoms with E-state index < -0.39 is 24.7 Å².